The van der Waals surface area contributed by atoms with Crippen LogP contribution in [-0.4, -0.2) is 47.4 Å². The lowest BCUT2D eigenvalue weighted by atomic mass is 10.0. The molecule has 1 heterocycles. The number of likely N-dealkylation sites (tertiary alicyclic amines) is 1. The van der Waals surface area contributed by atoms with Gasteiger partial charge in [0.15, 0.2) is 11.6 Å². The first-order valence-corrected chi connectivity index (χ1v) is 8.84. The minimum absolute atomic E-state index is 0.0373. The molecule has 1 aromatic rings. The maximum Gasteiger partial charge on any atom is 0.408 e. The Balaban J connectivity index is 2.03. The van der Waals surface area contributed by atoms with Crippen molar-refractivity contribution in [1.29, 1.82) is 0 Å². The van der Waals surface area contributed by atoms with Crippen LogP contribution in [0.25, 0.3) is 0 Å². The van der Waals surface area contributed by atoms with E-state index in [0.717, 1.165) is 17.0 Å². The maximum absolute atomic E-state index is 13.4. The van der Waals surface area contributed by atoms with E-state index >= 15 is 0 Å². The standard InChI is InChI=1S/C17H17ClF5N3O3/c1-7-10(14(27)25-9-5-11(18)13(20)12(19)6-9)3-4-26(7)16(29)15(28)24-8(2)17(21,22)23/h5-8,10H,3-4H2,1-2H3,(H,24,28)(H,25,27)/t7?,8-,10?/m1/s1. The van der Waals surface area contributed by atoms with Gasteiger partial charge in [-0.3, -0.25) is 14.4 Å². The van der Waals surface area contributed by atoms with E-state index < -0.39 is 58.6 Å². The summed E-state index contributed by atoms with van der Waals surface area (Å²) in [6.07, 6.45) is -4.58. The van der Waals surface area contributed by atoms with Crippen LogP contribution in [0.2, 0.25) is 5.02 Å². The molecule has 6 nitrogen and oxygen atoms in total. The zero-order valence-corrected chi connectivity index (χ0v) is 16.0. The molecule has 3 atom stereocenters. The second-order valence-electron chi connectivity index (χ2n) is 6.61. The van der Waals surface area contributed by atoms with Gasteiger partial charge in [0.1, 0.15) is 6.04 Å². The number of nitrogens with zero attached hydrogens (tertiary/aromatic N) is 1. The van der Waals surface area contributed by atoms with Crippen molar-refractivity contribution in [2.24, 2.45) is 5.92 Å². The third-order valence-corrected chi connectivity index (χ3v) is 4.91. The van der Waals surface area contributed by atoms with Crippen LogP contribution in [-0.2, 0) is 14.4 Å². The number of rotatable bonds is 3. The Morgan fingerprint density at radius 2 is 1.86 bits per heavy atom. The van der Waals surface area contributed by atoms with Gasteiger partial charge in [-0.25, -0.2) is 8.78 Å². The van der Waals surface area contributed by atoms with Gasteiger partial charge in [0.25, 0.3) is 0 Å². The van der Waals surface area contributed by atoms with Crippen molar-refractivity contribution in [3.05, 3.63) is 28.8 Å². The third-order valence-electron chi connectivity index (χ3n) is 4.64. The zero-order valence-electron chi connectivity index (χ0n) is 15.2. The number of carbonyl (C=O) groups excluding carboxylic acids is 3. The fourth-order valence-corrected chi connectivity index (χ4v) is 3.12. The zero-order chi connectivity index (χ0) is 22.1. The number of carbonyl (C=O) groups is 3. The lowest BCUT2D eigenvalue weighted by Gasteiger charge is -2.25. The van der Waals surface area contributed by atoms with Crippen LogP contribution >= 0.6 is 11.6 Å². The maximum atomic E-state index is 13.4. The first-order valence-electron chi connectivity index (χ1n) is 8.46. The van der Waals surface area contributed by atoms with Crippen LogP contribution < -0.4 is 10.6 Å². The molecule has 29 heavy (non-hydrogen) atoms. The van der Waals surface area contributed by atoms with E-state index in [1.165, 1.54) is 6.92 Å². The summed E-state index contributed by atoms with van der Waals surface area (Å²) in [5.41, 5.74) is -0.104. The van der Waals surface area contributed by atoms with E-state index in [-0.39, 0.29) is 18.7 Å². The minimum Gasteiger partial charge on any atom is -0.336 e. The molecule has 1 aromatic carbocycles. The molecule has 160 valence electrons. The van der Waals surface area contributed by atoms with Crippen molar-refractivity contribution >= 4 is 35.0 Å². The third kappa shape index (κ3) is 5.14. The van der Waals surface area contributed by atoms with Crippen molar-refractivity contribution in [2.45, 2.75) is 38.5 Å². The highest BCUT2D eigenvalue weighted by Gasteiger charge is 2.42. The second-order valence-corrected chi connectivity index (χ2v) is 7.02. The van der Waals surface area contributed by atoms with Gasteiger partial charge in [-0.05, 0) is 26.3 Å². The molecule has 1 saturated heterocycles. The molecule has 0 aromatic heterocycles. The molecule has 0 spiro atoms. The van der Waals surface area contributed by atoms with Crippen LogP contribution in [0.3, 0.4) is 0 Å². The Bertz CT molecular complexity index is 810. The van der Waals surface area contributed by atoms with Crippen molar-refractivity contribution in [3.8, 4) is 0 Å². The van der Waals surface area contributed by atoms with Gasteiger partial charge in [-0.15, -0.1) is 0 Å². The van der Waals surface area contributed by atoms with Gasteiger partial charge >= 0.3 is 18.0 Å². The lowest BCUT2D eigenvalue weighted by Crippen LogP contribution is -2.51. The summed E-state index contributed by atoms with van der Waals surface area (Å²) in [6.45, 7) is 2.11. The first-order chi connectivity index (χ1) is 13.3. The molecule has 12 heteroatoms. The predicted molar refractivity (Wildman–Crippen MR) is 92.9 cm³/mol. The molecular weight excluding hydrogens is 425 g/mol. The topological polar surface area (TPSA) is 78.5 Å². The molecule has 3 amide bonds. The van der Waals surface area contributed by atoms with E-state index in [4.69, 9.17) is 11.6 Å². The average molecular weight is 442 g/mol. The van der Waals surface area contributed by atoms with E-state index in [2.05, 4.69) is 5.32 Å². The molecule has 2 N–H and O–H groups in total. The van der Waals surface area contributed by atoms with Gasteiger partial charge in [-0.2, -0.15) is 13.2 Å². The second kappa shape index (κ2) is 8.52. The highest BCUT2D eigenvalue weighted by Crippen LogP contribution is 2.28. The highest BCUT2D eigenvalue weighted by molar-refractivity contribution is 6.35. The lowest BCUT2D eigenvalue weighted by molar-refractivity contribution is -0.162. The highest BCUT2D eigenvalue weighted by atomic mass is 35.5. The molecule has 2 unspecified atom stereocenters. The molecule has 0 aliphatic carbocycles. The van der Waals surface area contributed by atoms with Crippen molar-refractivity contribution in [1.82, 2.24) is 10.2 Å². The molecule has 1 aliphatic rings. The summed E-state index contributed by atoms with van der Waals surface area (Å²) in [6, 6.07) is -1.29. The molecule has 1 fully saturated rings. The Morgan fingerprint density at radius 3 is 2.41 bits per heavy atom. The van der Waals surface area contributed by atoms with Crippen LogP contribution in [0, 0.1) is 17.6 Å². The van der Waals surface area contributed by atoms with Crippen molar-refractivity contribution in [3.63, 3.8) is 0 Å². The summed E-state index contributed by atoms with van der Waals surface area (Å²) in [5, 5.41) is 3.38. The molecule has 0 radical (unpaired) electrons. The SMILES string of the molecule is CC1C(C(=O)Nc2cc(F)c(F)c(Cl)c2)CCN1C(=O)C(=O)N[C@H](C)C(F)(F)F. The fraction of sp³-hybridized carbons (Fsp3) is 0.471. The monoisotopic (exact) mass is 441 g/mol. The van der Waals surface area contributed by atoms with E-state index in [1.807, 2.05) is 0 Å². The predicted octanol–water partition coefficient (Wildman–Crippen LogP) is 2.86. The number of nitrogens with one attached hydrogen (secondary N) is 2. The number of anilines is 1. The van der Waals surface area contributed by atoms with E-state index in [0.29, 0.717) is 6.92 Å². The fourth-order valence-electron chi connectivity index (χ4n) is 2.91. The Hall–Kier alpha value is -2.43. The Labute approximate surface area is 167 Å². The average Bonchev–Trinajstić information content (AvgIpc) is 2.99. The van der Waals surface area contributed by atoms with E-state index in [1.54, 1.807) is 5.32 Å². The summed E-state index contributed by atoms with van der Waals surface area (Å²) in [4.78, 5) is 37.4. The molecule has 2 rings (SSSR count). The number of benzene rings is 1. The molecule has 0 saturated carbocycles. The largest absolute Gasteiger partial charge is 0.408 e. The number of amides is 3. The van der Waals surface area contributed by atoms with Crippen LogP contribution in [0.5, 0.6) is 0 Å². The van der Waals surface area contributed by atoms with Gasteiger partial charge < -0.3 is 15.5 Å². The quantitative estimate of drug-likeness (QED) is 0.430. The van der Waals surface area contributed by atoms with Crippen LogP contribution in [0.1, 0.15) is 20.3 Å². The number of alkyl halides is 3. The minimum atomic E-state index is -4.71. The normalized spacial score (nSPS) is 20.3. The summed E-state index contributed by atoms with van der Waals surface area (Å²) in [5.74, 6) is -6.62. The molecular formula is C17H17ClF5N3O3. The number of hydrogen-bond donors (Lipinski definition) is 2. The Kier molecular flexibility index (Phi) is 6.71. The van der Waals surface area contributed by atoms with Gasteiger partial charge in [0, 0.05) is 24.3 Å². The summed E-state index contributed by atoms with van der Waals surface area (Å²) >= 11 is 5.52. The van der Waals surface area contributed by atoms with Crippen molar-refractivity contribution < 1.29 is 36.3 Å². The van der Waals surface area contributed by atoms with Crippen LogP contribution in [0.4, 0.5) is 27.6 Å². The Morgan fingerprint density at radius 1 is 1.24 bits per heavy atom. The molecule has 1 aliphatic heterocycles. The summed E-state index contributed by atoms with van der Waals surface area (Å²) < 4.78 is 64.2. The van der Waals surface area contributed by atoms with Crippen LogP contribution in [0.15, 0.2) is 12.1 Å². The summed E-state index contributed by atoms with van der Waals surface area (Å²) in [7, 11) is 0. The van der Waals surface area contributed by atoms with E-state index in [9.17, 15) is 36.3 Å². The van der Waals surface area contributed by atoms with Gasteiger partial charge in [-0.1, -0.05) is 11.6 Å². The van der Waals surface area contributed by atoms with Gasteiger partial charge in [0.2, 0.25) is 5.91 Å². The van der Waals surface area contributed by atoms with Gasteiger partial charge in [0.05, 0.1) is 10.9 Å². The number of hydrogen-bond acceptors (Lipinski definition) is 3. The smallest absolute Gasteiger partial charge is 0.336 e. The number of halogens is 6. The first kappa shape index (κ1) is 22.9. The molecule has 0 bridgehead atoms. The van der Waals surface area contributed by atoms with Crippen molar-refractivity contribution in [2.75, 3.05) is 11.9 Å².